The van der Waals surface area contributed by atoms with E-state index in [0.29, 0.717) is 6.61 Å². The monoisotopic (exact) mass is 151 g/mol. The second kappa shape index (κ2) is 2.67. The second-order valence-electron chi connectivity index (χ2n) is 2.50. The minimum absolute atomic E-state index is 0.225. The van der Waals surface area contributed by atoms with E-state index in [2.05, 4.69) is 9.90 Å². The number of hydrogen-bond donors (Lipinski definition) is 0. The van der Waals surface area contributed by atoms with Crippen LogP contribution in [-0.4, -0.2) is 23.9 Å². The fourth-order valence-electron chi connectivity index (χ4n) is 1.16. The summed E-state index contributed by atoms with van der Waals surface area (Å²) in [5.74, 6) is 0.225. The molecule has 0 amide bonds. The number of aromatic nitrogens is 2. The van der Waals surface area contributed by atoms with Crippen molar-refractivity contribution in [2.45, 2.75) is 5.82 Å². The quantitative estimate of drug-likeness (QED) is 0.420. The van der Waals surface area contributed by atoms with E-state index in [1.54, 1.807) is 13.7 Å². The van der Waals surface area contributed by atoms with Crippen LogP contribution in [-0.2, 0) is 16.7 Å². The summed E-state index contributed by atoms with van der Waals surface area (Å²) in [6.07, 6.45) is 1.77. The van der Waals surface area contributed by atoms with Crippen molar-refractivity contribution in [2.75, 3.05) is 6.61 Å². The number of hydrogen-bond acceptors (Lipinski definition) is 3. The van der Waals surface area contributed by atoms with Gasteiger partial charge in [0.2, 0.25) is 0 Å². The highest BCUT2D eigenvalue weighted by Gasteiger charge is 2.24. The van der Waals surface area contributed by atoms with Gasteiger partial charge in [-0.05, 0) is 6.07 Å². The van der Waals surface area contributed by atoms with Crippen LogP contribution in [0.15, 0.2) is 12.3 Å². The zero-order valence-corrected chi connectivity index (χ0v) is 6.23. The van der Waals surface area contributed by atoms with Crippen molar-refractivity contribution in [1.29, 1.82) is 0 Å². The lowest BCUT2D eigenvalue weighted by molar-refractivity contribution is -0.183. The van der Waals surface area contributed by atoms with Crippen LogP contribution in [0, 0.1) is 0 Å². The van der Waals surface area contributed by atoms with Crippen LogP contribution in [0.4, 0.5) is 0 Å². The maximum absolute atomic E-state index is 4.74. The lowest BCUT2D eigenvalue weighted by Crippen LogP contribution is -2.09. The molecule has 1 aromatic heterocycles. The average Bonchev–Trinajstić information content (AvgIpc) is 2.55. The first-order valence-corrected chi connectivity index (χ1v) is 3.47. The van der Waals surface area contributed by atoms with Gasteiger partial charge in [-0.1, -0.05) is 0 Å². The van der Waals surface area contributed by atoms with E-state index in [1.165, 1.54) is 0 Å². The van der Waals surface area contributed by atoms with E-state index >= 15 is 0 Å². The molecule has 1 aliphatic heterocycles. The Morgan fingerprint density at radius 2 is 2.73 bits per heavy atom. The average molecular weight is 151 g/mol. The van der Waals surface area contributed by atoms with Gasteiger partial charge in [-0.3, -0.25) is 9.57 Å². The SMILES string of the molecule is Cn1nccc1C1[B]OOC1. The minimum Gasteiger partial charge on any atom is -0.310 e. The van der Waals surface area contributed by atoms with Crippen LogP contribution in [0.1, 0.15) is 11.5 Å². The Hall–Kier alpha value is -0.805. The van der Waals surface area contributed by atoms with Gasteiger partial charge >= 0.3 is 7.48 Å². The summed E-state index contributed by atoms with van der Waals surface area (Å²) in [4.78, 5) is 9.41. The fourth-order valence-corrected chi connectivity index (χ4v) is 1.16. The molecule has 2 heterocycles. The topological polar surface area (TPSA) is 36.3 Å². The number of rotatable bonds is 1. The molecule has 1 aromatic rings. The third-order valence-electron chi connectivity index (χ3n) is 1.77. The van der Waals surface area contributed by atoms with Crippen LogP contribution >= 0.6 is 0 Å². The summed E-state index contributed by atoms with van der Waals surface area (Å²) in [6, 6.07) is 1.96. The molecular formula is C6H8BN2O2. The molecule has 11 heavy (non-hydrogen) atoms. The predicted molar refractivity (Wildman–Crippen MR) is 38.7 cm³/mol. The zero-order chi connectivity index (χ0) is 7.68. The smallest absolute Gasteiger partial charge is 0.310 e. The second-order valence-corrected chi connectivity index (χ2v) is 2.50. The summed E-state index contributed by atoms with van der Waals surface area (Å²) in [7, 11) is 3.58. The van der Waals surface area contributed by atoms with E-state index in [0.717, 1.165) is 5.69 Å². The largest absolute Gasteiger partial charge is 0.356 e. The Bertz CT molecular complexity index is 244. The van der Waals surface area contributed by atoms with Gasteiger partial charge in [0.05, 0.1) is 6.61 Å². The Balaban J connectivity index is 2.21. The summed E-state index contributed by atoms with van der Waals surface area (Å²) in [6.45, 7) is 0.583. The number of aryl methyl sites for hydroxylation is 1. The normalized spacial score (nSPS) is 23.5. The maximum Gasteiger partial charge on any atom is 0.356 e. The van der Waals surface area contributed by atoms with E-state index in [4.69, 9.17) is 4.89 Å². The third-order valence-corrected chi connectivity index (χ3v) is 1.77. The van der Waals surface area contributed by atoms with Crippen LogP contribution in [0.2, 0.25) is 0 Å². The highest BCUT2D eigenvalue weighted by atomic mass is 17.2. The van der Waals surface area contributed by atoms with Crippen molar-refractivity contribution >= 4 is 7.48 Å². The summed E-state index contributed by atoms with van der Waals surface area (Å²) in [5, 5.41) is 4.05. The standard InChI is InChI=1S/C6H8BN2O2/c1-9-6(2-3-8-9)5-4-10-11-7-5/h2-3,5H,4H2,1H3. The first-order valence-electron chi connectivity index (χ1n) is 3.47. The van der Waals surface area contributed by atoms with Crippen molar-refractivity contribution in [3.8, 4) is 0 Å². The molecular weight excluding hydrogens is 143 g/mol. The van der Waals surface area contributed by atoms with E-state index in [9.17, 15) is 0 Å². The Morgan fingerprint density at radius 3 is 3.27 bits per heavy atom. The van der Waals surface area contributed by atoms with Gasteiger partial charge in [-0.25, -0.2) is 0 Å². The summed E-state index contributed by atoms with van der Waals surface area (Å²) < 4.78 is 1.82. The fraction of sp³-hybridized carbons (Fsp3) is 0.500. The summed E-state index contributed by atoms with van der Waals surface area (Å²) >= 11 is 0. The van der Waals surface area contributed by atoms with Crippen LogP contribution in [0.25, 0.3) is 0 Å². The molecule has 4 nitrogen and oxygen atoms in total. The molecule has 57 valence electrons. The van der Waals surface area contributed by atoms with Gasteiger partial charge in [-0.15, -0.1) is 0 Å². The first kappa shape index (κ1) is 6.88. The maximum atomic E-state index is 4.74. The molecule has 0 saturated carbocycles. The van der Waals surface area contributed by atoms with Gasteiger partial charge in [0.15, 0.2) is 0 Å². The Labute approximate surface area is 65.3 Å². The van der Waals surface area contributed by atoms with Gasteiger partial charge in [0.25, 0.3) is 0 Å². The molecule has 1 aliphatic rings. The molecule has 0 spiro atoms. The molecule has 5 heteroatoms. The van der Waals surface area contributed by atoms with Crippen LogP contribution in [0.3, 0.4) is 0 Å². The van der Waals surface area contributed by atoms with Crippen molar-refractivity contribution in [3.05, 3.63) is 18.0 Å². The molecule has 0 N–H and O–H groups in total. The third kappa shape index (κ3) is 1.17. The van der Waals surface area contributed by atoms with E-state index < -0.39 is 0 Å². The van der Waals surface area contributed by atoms with Crippen molar-refractivity contribution in [2.24, 2.45) is 7.05 Å². The first-order chi connectivity index (χ1) is 5.38. The highest BCUT2D eigenvalue weighted by molar-refractivity contribution is 6.30. The van der Waals surface area contributed by atoms with Crippen LogP contribution in [0.5, 0.6) is 0 Å². The molecule has 0 aromatic carbocycles. The molecule has 1 atom stereocenters. The molecule has 0 aliphatic carbocycles. The van der Waals surface area contributed by atoms with E-state index in [-0.39, 0.29) is 5.82 Å². The molecule has 1 unspecified atom stereocenters. The van der Waals surface area contributed by atoms with E-state index in [1.807, 2.05) is 17.8 Å². The molecule has 1 saturated heterocycles. The number of nitrogens with zero attached hydrogens (tertiary/aromatic N) is 2. The van der Waals surface area contributed by atoms with Gasteiger partial charge in [0, 0.05) is 24.8 Å². The summed E-state index contributed by atoms with van der Waals surface area (Å²) in [5.41, 5.74) is 1.11. The van der Waals surface area contributed by atoms with Crippen LogP contribution < -0.4 is 0 Å². The minimum atomic E-state index is 0.225. The predicted octanol–water partition coefficient (Wildman–Crippen LogP) is 0.0422. The van der Waals surface area contributed by atoms with Crippen molar-refractivity contribution in [1.82, 2.24) is 9.78 Å². The Morgan fingerprint density at radius 1 is 1.82 bits per heavy atom. The molecule has 1 fully saturated rings. The molecule has 0 bridgehead atoms. The van der Waals surface area contributed by atoms with Gasteiger partial charge < -0.3 is 4.81 Å². The lowest BCUT2D eigenvalue weighted by atomic mass is 9.79. The van der Waals surface area contributed by atoms with Crippen molar-refractivity contribution in [3.63, 3.8) is 0 Å². The molecule has 2 rings (SSSR count). The highest BCUT2D eigenvalue weighted by Crippen LogP contribution is 2.18. The van der Waals surface area contributed by atoms with Gasteiger partial charge in [-0.2, -0.15) is 5.10 Å². The van der Waals surface area contributed by atoms with Gasteiger partial charge in [0.1, 0.15) is 0 Å². The zero-order valence-electron chi connectivity index (χ0n) is 6.23. The van der Waals surface area contributed by atoms with Crippen molar-refractivity contribution < 1.29 is 9.69 Å². The molecule has 1 radical (unpaired) electrons. The Kier molecular flexibility index (Phi) is 1.67. The lowest BCUT2D eigenvalue weighted by Gasteiger charge is -2.03.